The highest BCUT2D eigenvalue weighted by Gasteiger charge is 2.49. The fourth-order valence-corrected chi connectivity index (χ4v) is 2.65. The minimum absolute atomic E-state index is 0.0287. The maximum atomic E-state index is 13.9. The third-order valence-corrected chi connectivity index (χ3v) is 3.99. The van der Waals surface area contributed by atoms with Gasteiger partial charge in [-0.1, -0.05) is 6.08 Å². The number of nitrogens with two attached hydrogens (primary N) is 2. The maximum Gasteiger partial charge on any atom is 0.353 e. The van der Waals surface area contributed by atoms with Crippen LogP contribution in [0.15, 0.2) is 40.8 Å². The summed E-state index contributed by atoms with van der Waals surface area (Å²) in [6.45, 7) is 1.20. The number of ether oxygens (including phenoxy) is 1. The molecule has 8 nitrogen and oxygen atoms in total. The Balaban J connectivity index is 0.000000273. The summed E-state index contributed by atoms with van der Waals surface area (Å²) >= 11 is 0. The monoisotopic (exact) mass is 387 g/mol. The summed E-state index contributed by atoms with van der Waals surface area (Å²) in [5, 5.41) is 13.9. The summed E-state index contributed by atoms with van der Waals surface area (Å²) in [7, 11) is 0. The van der Waals surface area contributed by atoms with Gasteiger partial charge in [-0.2, -0.15) is 5.10 Å². The first-order chi connectivity index (χ1) is 12.6. The molecule has 0 saturated heterocycles. The van der Waals surface area contributed by atoms with Gasteiger partial charge in [0.15, 0.2) is 5.54 Å². The highest BCUT2D eigenvalue weighted by atomic mass is 19.3. The van der Waals surface area contributed by atoms with E-state index in [1.54, 1.807) is 6.92 Å². The number of nitrogens with zero attached hydrogens (tertiary/aromatic N) is 2. The minimum atomic E-state index is -2.92. The normalized spacial score (nSPS) is 27.9. The lowest BCUT2D eigenvalue weighted by molar-refractivity contribution is 0.00472. The summed E-state index contributed by atoms with van der Waals surface area (Å²) in [5.41, 5.74) is 8.34. The Kier molecular flexibility index (Phi) is 6.06. The molecule has 1 aromatic heterocycles. The second-order valence-electron chi connectivity index (χ2n) is 6.44. The van der Waals surface area contributed by atoms with Gasteiger partial charge in [-0.15, -0.1) is 0 Å². The van der Waals surface area contributed by atoms with Crippen LogP contribution in [0.4, 0.5) is 13.2 Å². The van der Waals surface area contributed by atoms with E-state index in [-0.39, 0.29) is 30.1 Å². The number of carboxylic acid groups (broad SMARTS) is 1. The number of amidine groups is 1. The number of carboxylic acids is 1. The van der Waals surface area contributed by atoms with Crippen molar-refractivity contribution in [2.24, 2.45) is 16.5 Å². The Hall–Kier alpha value is -2.66. The zero-order valence-corrected chi connectivity index (χ0v) is 14.5. The predicted molar refractivity (Wildman–Crippen MR) is 91.2 cm³/mol. The number of aliphatic imine (C=N–C) groups is 1. The standard InChI is InChI=1S/C12H16F3N3O.C4H4N2O2/c1-11(17)3-2-8(13)7(4-11)12(10(14)15)6-19-5-9(16)18-12;7-4(8)3-1-2-5-6-3/h2-3,10H,4-6,17H2,1H3,(H2,16,18);1-2H,(H,5,6)(H,7,8)/t11?,12-;/m0./s1. The number of hydrogen-bond donors (Lipinski definition) is 4. The number of carbonyl (C=O) groups is 1. The number of H-pyrrole nitrogens is 1. The molecule has 1 unspecified atom stereocenters. The van der Waals surface area contributed by atoms with Gasteiger partial charge in [-0.05, 0) is 25.5 Å². The smallest absolute Gasteiger partial charge is 0.353 e. The molecule has 0 saturated carbocycles. The van der Waals surface area contributed by atoms with E-state index in [1.807, 2.05) is 0 Å². The predicted octanol–water partition coefficient (Wildman–Crippen LogP) is 1.39. The number of nitrogens with one attached hydrogen (secondary N) is 1. The molecule has 0 spiro atoms. The molecule has 0 amide bonds. The Morgan fingerprint density at radius 3 is 2.67 bits per heavy atom. The van der Waals surface area contributed by atoms with Gasteiger partial charge in [0.25, 0.3) is 6.43 Å². The number of rotatable bonds is 3. The van der Waals surface area contributed by atoms with Crippen molar-refractivity contribution in [2.75, 3.05) is 13.2 Å². The van der Waals surface area contributed by atoms with Gasteiger partial charge in [-0.25, -0.2) is 18.0 Å². The number of allylic oxidation sites excluding steroid dienone is 2. The van der Waals surface area contributed by atoms with Gasteiger partial charge in [-0.3, -0.25) is 10.1 Å². The summed E-state index contributed by atoms with van der Waals surface area (Å²) in [6.07, 6.45) is 0.961. The van der Waals surface area contributed by atoms with Crippen LogP contribution in [0.2, 0.25) is 0 Å². The van der Waals surface area contributed by atoms with E-state index in [1.165, 1.54) is 18.3 Å². The van der Waals surface area contributed by atoms with Gasteiger partial charge in [0.2, 0.25) is 0 Å². The fourth-order valence-electron chi connectivity index (χ4n) is 2.65. The molecule has 27 heavy (non-hydrogen) atoms. The third-order valence-electron chi connectivity index (χ3n) is 3.99. The molecule has 2 atom stereocenters. The zero-order chi connectivity index (χ0) is 20.2. The molecule has 11 heteroatoms. The average Bonchev–Trinajstić information content (AvgIpc) is 3.12. The molecule has 0 radical (unpaired) electrons. The topological polar surface area (TPSA) is 140 Å². The summed E-state index contributed by atoms with van der Waals surface area (Å²) in [6, 6.07) is 1.39. The van der Waals surface area contributed by atoms with Crippen molar-refractivity contribution in [3.8, 4) is 0 Å². The van der Waals surface area contributed by atoms with E-state index in [9.17, 15) is 18.0 Å². The van der Waals surface area contributed by atoms with E-state index in [0.717, 1.165) is 6.08 Å². The first-order valence-electron chi connectivity index (χ1n) is 7.87. The SMILES string of the molecule is CC1(N)C=CC(F)=C([C@]2(C(F)F)COCC(N)=N2)C1.O=C(O)c1ccn[nH]1. The largest absolute Gasteiger partial charge is 0.477 e. The number of aromatic nitrogens is 2. The van der Waals surface area contributed by atoms with Crippen LogP contribution in [0.25, 0.3) is 0 Å². The number of hydrogen-bond acceptors (Lipinski definition) is 6. The van der Waals surface area contributed by atoms with Crippen LogP contribution in [-0.2, 0) is 4.74 Å². The molecule has 0 aromatic carbocycles. The van der Waals surface area contributed by atoms with E-state index in [4.69, 9.17) is 21.3 Å². The Morgan fingerprint density at radius 2 is 2.19 bits per heavy atom. The zero-order valence-electron chi connectivity index (χ0n) is 14.5. The highest BCUT2D eigenvalue weighted by molar-refractivity contribution is 5.85. The molecule has 0 fully saturated rings. The Labute approximate surface area is 152 Å². The number of aromatic amines is 1. The van der Waals surface area contributed by atoms with Crippen LogP contribution in [-0.4, -0.2) is 57.8 Å². The van der Waals surface area contributed by atoms with Gasteiger partial charge in [0.05, 0.1) is 6.61 Å². The van der Waals surface area contributed by atoms with Crippen molar-refractivity contribution in [1.82, 2.24) is 10.2 Å². The van der Waals surface area contributed by atoms with Crippen molar-refractivity contribution in [2.45, 2.75) is 30.8 Å². The molecule has 1 aliphatic carbocycles. The van der Waals surface area contributed by atoms with Crippen LogP contribution < -0.4 is 11.5 Å². The van der Waals surface area contributed by atoms with Crippen LogP contribution in [0, 0.1) is 0 Å². The van der Waals surface area contributed by atoms with Gasteiger partial charge in [0.1, 0.15) is 24.0 Å². The second kappa shape index (κ2) is 7.92. The quantitative estimate of drug-likeness (QED) is 0.618. The summed E-state index contributed by atoms with van der Waals surface area (Å²) in [4.78, 5) is 13.8. The van der Waals surface area contributed by atoms with Crippen molar-refractivity contribution in [3.05, 3.63) is 41.5 Å². The Morgan fingerprint density at radius 1 is 1.48 bits per heavy atom. The molecule has 2 heterocycles. The average molecular weight is 387 g/mol. The molecular formula is C16H20F3N5O3. The van der Waals surface area contributed by atoms with E-state index in [0.29, 0.717) is 0 Å². The van der Waals surface area contributed by atoms with Crippen LogP contribution >= 0.6 is 0 Å². The number of alkyl halides is 2. The summed E-state index contributed by atoms with van der Waals surface area (Å²) < 4.78 is 45.9. The van der Waals surface area contributed by atoms with Crippen LogP contribution in [0.5, 0.6) is 0 Å². The molecule has 6 N–H and O–H groups in total. The first kappa shape index (κ1) is 20.6. The highest BCUT2D eigenvalue weighted by Crippen LogP contribution is 2.40. The van der Waals surface area contributed by atoms with Crippen molar-refractivity contribution in [1.29, 1.82) is 0 Å². The maximum absolute atomic E-state index is 13.9. The second-order valence-corrected chi connectivity index (χ2v) is 6.44. The van der Waals surface area contributed by atoms with Gasteiger partial charge in [0, 0.05) is 17.3 Å². The first-order valence-corrected chi connectivity index (χ1v) is 7.87. The van der Waals surface area contributed by atoms with Gasteiger partial charge < -0.3 is 21.3 Å². The molecule has 1 aromatic rings. The fraction of sp³-hybridized carbons (Fsp3) is 0.438. The Bertz CT molecular complexity index is 774. The lowest BCUT2D eigenvalue weighted by Crippen LogP contribution is -2.51. The molecular weight excluding hydrogens is 367 g/mol. The van der Waals surface area contributed by atoms with Crippen molar-refractivity contribution in [3.63, 3.8) is 0 Å². The molecule has 2 aliphatic rings. The number of aromatic carboxylic acids is 1. The third kappa shape index (κ3) is 4.74. The molecule has 148 valence electrons. The number of halogens is 3. The summed E-state index contributed by atoms with van der Waals surface area (Å²) in [5.74, 6) is -1.80. The van der Waals surface area contributed by atoms with E-state index in [2.05, 4.69) is 15.2 Å². The van der Waals surface area contributed by atoms with Gasteiger partial charge >= 0.3 is 5.97 Å². The molecule has 1 aliphatic heterocycles. The van der Waals surface area contributed by atoms with Crippen molar-refractivity contribution < 1.29 is 27.8 Å². The van der Waals surface area contributed by atoms with Crippen LogP contribution in [0.1, 0.15) is 23.8 Å². The van der Waals surface area contributed by atoms with E-state index < -0.39 is 35.9 Å². The van der Waals surface area contributed by atoms with Crippen LogP contribution in [0.3, 0.4) is 0 Å². The van der Waals surface area contributed by atoms with E-state index >= 15 is 0 Å². The minimum Gasteiger partial charge on any atom is -0.477 e. The lowest BCUT2D eigenvalue weighted by atomic mass is 9.78. The molecule has 0 bridgehead atoms. The van der Waals surface area contributed by atoms with Crippen molar-refractivity contribution >= 4 is 11.8 Å². The lowest BCUT2D eigenvalue weighted by Gasteiger charge is -2.38. The molecule has 3 rings (SSSR count).